The topological polar surface area (TPSA) is 29.5 Å². The van der Waals surface area contributed by atoms with Crippen molar-refractivity contribution in [2.24, 2.45) is 0 Å². The van der Waals surface area contributed by atoms with Crippen LogP contribution in [0.2, 0.25) is 0 Å². The van der Waals surface area contributed by atoms with Crippen LogP contribution >= 0.6 is 11.3 Å². The highest BCUT2D eigenvalue weighted by Gasteiger charge is 2.39. The van der Waals surface area contributed by atoms with E-state index < -0.39 is 5.60 Å². The quantitative estimate of drug-likeness (QED) is 0.798. The van der Waals surface area contributed by atoms with Gasteiger partial charge < -0.3 is 9.84 Å². The van der Waals surface area contributed by atoms with Crippen LogP contribution in [0, 0.1) is 6.92 Å². The molecule has 1 saturated heterocycles. The van der Waals surface area contributed by atoms with E-state index in [0.717, 1.165) is 4.88 Å². The number of hydrogen-bond donors (Lipinski definition) is 1. The second kappa shape index (κ2) is 3.89. The second-order valence-corrected chi connectivity index (χ2v) is 5.90. The average Bonchev–Trinajstić information content (AvgIpc) is 2.49. The fourth-order valence-corrected chi connectivity index (χ4v) is 3.39. The SMILES string of the molecule is Cc1ccc(C2(O)CC(C)OC(C)C2)s1. The lowest BCUT2D eigenvalue weighted by Gasteiger charge is -2.38. The third-order valence-electron chi connectivity index (χ3n) is 2.91. The van der Waals surface area contributed by atoms with Crippen LogP contribution in [0.25, 0.3) is 0 Å². The van der Waals surface area contributed by atoms with Crippen LogP contribution in [0.1, 0.15) is 36.4 Å². The molecule has 3 heteroatoms. The van der Waals surface area contributed by atoms with Gasteiger partial charge in [-0.25, -0.2) is 0 Å². The number of ether oxygens (including phenoxy) is 1. The van der Waals surface area contributed by atoms with Crippen LogP contribution in [0.3, 0.4) is 0 Å². The summed E-state index contributed by atoms with van der Waals surface area (Å²) in [5.74, 6) is 0. The molecule has 1 fully saturated rings. The predicted octanol–water partition coefficient (Wildman–Crippen LogP) is 2.83. The standard InChI is InChI=1S/C12H18O2S/c1-8-6-12(13,7-9(2)14-8)11-5-4-10(3)15-11/h4-5,8-9,13H,6-7H2,1-3H3. The maximum atomic E-state index is 10.6. The molecule has 0 aromatic carbocycles. The summed E-state index contributed by atoms with van der Waals surface area (Å²) in [6, 6.07) is 4.12. The molecule has 2 unspecified atom stereocenters. The molecule has 2 rings (SSSR count). The Morgan fingerprint density at radius 3 is 2.40 bits per heavy atom. The molecule has 1 aromatic heterocycles. The van der Waals surface area contributed by atoms with Crippen molar-refractivity contribution in [3.05, 3.63) is 21.9 Å². The van der Waals surface area contributed by atoms with E-state index in [1.807, 2.05) is 19.9 Å². The summed E-state index contributed by atoms with van der Waals surface area (Å²) in [6.45, 7) is 6.13. The van der Waals surface area contributed by atoms with E-state index in [-0.39, 0.29) is 12.2 Å². The van der Waals surface area contributed by atoms with Gasteiger partial charge in [0.2, 0.25) is 0 Å². The summed E-state index contributed by atoms with van der Waals surface area (Å²) >= 11 is 1.69. The van der Waals surface area contributed by atoms with Crippen LogP contribution in [0.15, 0.2) is 12.1 Å². The molecule has 1 aliphatic rings. The summed E-state index contributed by atoms with van der Waals surface area (Å²) in [4.78, 5) is 2.34. The lowest BCUT2D eigenvalue weighted by Crippen LogP contribution is -2.40. The molecule has 1 N–H and O–H groups in total. The van der Waals surface area contributed by atoms with Gasteiger partial charge in [0.15, 0.2) is 0 Å². The monoisotopic (exact) mass is 226 g/mol. The molecule has 0 amide bonds. The molecule has 0 bridgehead atoms. The van der Waals surface area contributed by atoms with E-state index >= 15 is 0 Å². The highest BCUT2D eigenvalue weighted by molar-refractivity contribution is 7.12. The summed E-state index contributed by atoms with van der Waals surface area (Å²) in [5, 5.41) is 10.6. The molecule has 1 aromatic rings. The molecular formula is C12H18O2S. The van der Waals surface area contributed by atoms with Crippen molar-refractivity contribution in [3.8, 4) is 0 Å². The van der Waals surface area contributed by atoms with Gasteiger partial charge in [0.05, 0.1) is 12.2 Å². The van der Waals surface area contributed by atoms with E-state index in [4.69, 9.17) is 4.74 Å². The van der Waals surface area contributed by atoms with Crippen LogP contribution < -0.4 is 0 Å². The average molecular weight is 226 g/mol. The number of thiophene rings is 1. The largest absolute Gasteiger partial charge is 0.384 e. The Bertz CT molecular complexity index is 335. The third-order valence-corrected chi connectivity index (χ3v) is 4.11. The fraction of sp³-hybridized carbons (Fsp3) is 0.667. The van der Waals surface area contributed by atoms with Gasteiger partial charge in [0, 0.05) is 22.6 Å². The predicted molar refractivity (Wildman–Crippen MR) is 62.2 cm³/mol. The minimum Gasteiger partial charge on any atom is -0.384 e. The van der Waals surface area contributed by atoms with Crippen molar-refractivity contribution in [1.29, 1.82) is 0 Å². The molecular weight excluding hydrogens is 208 g/mol. The molecule has 15 heavy (non-hydrogen) atoms. The van der Waals surface area contributed by atoms with E-state index in [2.05, 4.69) is 13.0 Å². The van der Waals surface area contributed by atoms with Gasteiger partial charge >= 0.3 is 0 Å². The second-order valence-electron chi connectivity index (χ2n) is 4.61. The smallest absolute Gasteiger partial charge is 0.104 e. The first-order chi connectivity index (χ1) is 6.99. The first-order valence-electron chi connectivity index (χ1n) is 5.44. The Kier molecular flexibility index (Phi) is 2.88. The molecule has 0 aliphatic carbocycles. The summed E-state index contributed by atoms with van der Waals surface area (Å²) in [7, 11) is 0. The Balaban J connectivity index is 2.25. The first kappa shape index (κ1) is 11.1. The first-order valence-corrected chi connectivity index (χ1v) is 6.26. The van der Waals surface area contributed by atoms with Gasteiger partial charge in [-0.2, -0.15) is 0 Å². The lowest BCUT2D eigenvalue weighted by molar-refractivity contribution is -0.134. The maximum absolute atomic E-state index is 10.6. The van der Waals surface area contributed by atoms with E-state index in [1.165, 1.54) is 4.88 Å². The maximum Gasteiger partial charge on any atom is 0.104 e. The Hall–Kier alpha value is -0.380. The normalized spacial score (nSPS) is 36.8. The summed E-state index contributed by atoms with van der Waals surface area (Å²) in [6.07, 6.45) is 1.69. The molecule has 1 aliphatic heterocycles. The van der Waals surface area contributed by atoms with Gasteiger partial charge in [-0.1, -0.05) is 0 Å². The number of aliphatic hydroxyl groups is 1. The van der Waals surface area contributed by atoms with Crippen molar-refractivity contribution < 1.29 is 9.84 Å². The number of hydrogen-bond acceptors (Lipinski definition) is 3. The molecule has 0 spiro atoms. The molecule has 0 saturated carbocycles. The van der Waals surface area contributed by atoms with E-state index in [9.17, 15) is 5.11 Å². The van der Waals surface area contributed by atoms with Crippen molar-refractivity contribution >= 4 is 11.3 Å². The molecule has 2 heterocycles. The van der Waals surface area contributed by atoms with Crippen LogP contribution in [-0.4, -0.2) is 17.3 Å². The molecule has 2 atom stereocenters. The van der Waals surface area contributed by atoms with Gasteiger partial charge in [-0.3, -0.25) is 0 Å². The minimum atomic E-state index is -0.671. The summed E-state index contributed by atoms with van der Waals surface area (Å²) < 4.78 is 5.65. The van der Waals surface area contributed by atoms with Crippen LogP contribution in [0.5, 0.6) is 0 Å². The van der Waals surface area contributed by atoms with Crippen molar-refractivity contribution in [1.82, 2.24) is 0 Å². The van der Waals surface area contributed by atoms with Crippen molar-refractivity contribution in [3.63, 3.8) is 0 Å². The molecule has 84 valence electrons. The Morgan fingerprint density at radius 1 is 1.33 bits per heavy atom. The molecule has 0 radical (unpaired) electrons. The van der Waals surface area contributed by atoms with E-state index in [0.29, 0.717) is 12.8 Å². The highest BCUT2D eigenvalue weighted by Crippen LogP contribution is 2.40. The minimum absolute atomic E-state index is 0.140. The molecule has 2 nitrogen and oxygen atoms in total. The highest BCUT2D eigenvalue weighted by atomic mass is 32.1. The van der Waals surface area contributed by atoms with Gasteiger partial charge in [-0.05, 0) is 32.9 Å². The Labute approximate surface area is 94.9 Å². The zero-order valence-electron chi connectivity index (χ0n) is 9.49. The zero-order valence-corrected chi connectivity index (χ0v) is 10.3. The Morgan fingerprint density at radius 2 is 1.93 bits per heavy atom. The number of rotatable bonds is 1. The van der Waals surface area contributed by atoms with Crippen molar-refractivity contribution in [2.75, 3.05) is 0 Å². The number of aryl methyl sites for hydroxylation is 1. The van der Waals surface area contributed by atoms with Crippen LogP contribution in [0.4, 0.5) is 0 Å². The lowest BCUT2D eigenvalue weighted by atomic mass is 9.86. The van der Waals surface area contributed by atoms with Gasteiger partial charge in [0.25, 0.3) is 0 Å². The van der Waals surface area contributed by atoms with Gasteiger partial charge in [0.1, 0.15) is 5.60 Å². The van der Waals surface area contributed by atoms with E-state index in [1.54, 1.807) is 11.3 Å². The third kappa shape index (κ3) is 2.25. The summed E-state index contributed by atoms with van der Waals surface area (Å²) in [5.41, 5.74) is -0.671. The fourth-order valence-electron chi connectivity index (χ4n) is 2.41. The van der Waals surface area contributed by atoms with Gasteiger partial charge in [-0.15, -0.1) is 11.3 Å². The van der Waals surface area contributed by atoms with Crippen LogP contribution in [-0.2, 0) is 10.3 Å². The zero-order chi connectivity index (χ0) is 11.1. The van der Waals surface area contributed by atoms with Crippen molar-refractivity contribution in [2.45, 2.75) is 51.4 Å².